The SMILES string of the molecule is Nc1ccc(C(=O)Nc2cc(C(F)(F)F)ccc2O)cc1. The molecule has 0 saturated heterocycles. The fourth-order valence-corrected chi connectivity index (χ4v) is 1.64. The zero-order valence-electron chi connectivity index (χ0n) is 10.6. The van der Waals surface area contributed by atoms with E-state index < -0.39 is 23.4 Å². The van der Waals surface area contributed by atoms with E-state index in [2.05, 4.69) is 5.32 Å². The molecular weight excluding hydrogens is 285 g/mol. The lowest BCUT2D eigenvalue weighted by Crippen LogP contribution is -2.13. The number of amides is 1. The molecule has 0 atom stereocenters. The predicted molar refractivity (Wildman–Crippen MR) is 71.9 cm³/mol. The summed E-state index contributed by atoms with van der Waals surface area (Å²) in [4.78, 5) is 11.9. The van der Waals surface area contributed by atoms with Gasteiger partial charge in [-0.3, -0.25) is 4.79 Å². The average molecular weight is 296 g/mol. The number of nitrogens with one attached hydrogen (secondary N) is 1. The lowest BCUT2D eigenvalue weighted by Gasteiger charge is -2.11. The van der Waals surface area contributed by atoms with Gasteiger partial charge in [-0.15, -0.1) is 0 Å². The highest BCUT2D eigenvalue weighted by molar-refractivity contribution is 6.05. The van der Waals surface area contributed by atoms with Crippen LogP contribution in [0.4, 0.5) is 24.5 Å². The molecule has 0 saturated carbocycles. The molecular formula is C14H11F3N2O2. The van der Waals surface area contributed by atoms with E-state index in [-0.39, 0.29) is 11.3 Å². The zero-order valence-corrected chi connectivity index (χ0v) is 10.6. The van der Waals surface area contributed by atoms with Crippen LogP contribution in [0.3, 0.4) is 0 Å². The molecule has 2 aromatic rings. The third kappa shape index (κ3) is 3.44. The minimum Gasteiger partial charge on any atom is -0.506 e. The summed E-state index contributed by atoms with van der Waals surface area (Å²) in [5, 5.41) is 11.8. The number of benzene rings is 2. The number of hydrogen-bond acceptors (Lipinski definition) is 3. The second-order valence-corrected chi connectivity index (χ2v) is 4.31. The van der Waals surface area contributed by atoms with Crippen molar-refractivity contribution < 1.29 is 23.1 Å². The number of carbonyl (C=O) groups excluding carboxylic acids is 1. The molecule has 2 rings (SSSR count). The Morgan fingerprint density at radius 2 is 1.71 bits per heavy atom. The second kappa shape index (κ2) is 5.35. The van der Waals surface area contributed by atoms with E-state index in [9.17, 15) is 23.1 Å². The summed E-state index contributed by atoms with van der Waals surface area (Å²) in [7, 11) is 0. The number of alkyl halides is 3. The van der Waals surface area contributed by atoms with Crippen molar-refractivity contribution in [3.8, 4) is 5.75 Å². The number of phenolic OH excluding ortho intramolecular Hbond substituents is 1. The van der Waals surface area contributed by atoms with Gasteiger partial charge in [0.2, 0.25) is 0 Å². The number of aromatic hydroxyl groups is 1. The number of phenols is 1. The third-order valence-electron chi connectivity index (χ3n) is 2.74. The largest absolute Gasteiger partial charge is 0.506 e. The summed E-state index contributed by atoms with van der Waals surface area (Å²) < 4.78 is 37.8. The van der Waals surface area contributed by atoms with E-state index in [0.29, 0.717) is 11.8 Å². The number of carbonyl (C=O) groups is 1. The van der Waals surface area contributed by atoms with Gasteiger partial charge in [0.25, 0.3) is 5.91 Å². The van der Waals surface area contributed by atoms with Crippen LogP contribution in [0.25, 0.3) is 0 Å². The topological polar surface area (TPSA) is 75.4 Å². The molecule has 0 aliphatic heterocycles. The van der Waals surface area contributed by atoms with Gasteiger partial charge < -0.3 is 16.2 Å². The van der Waals surface area contributed by atoms with Gasteiger partial charge in [-0.2, -0.15) is 13.2 Å². The Bertz CT molecular complexity index is 667. The van der Waals surface area contributed by atoms with Crippen LogP contribution in [-0.4, -0.2) is 11.0 Å². The Morgan fingerprint density at radius 3 is 2.29 bits per heavy atom. The van der Waals surface area contributed by atoms with Gasteiger partial charge >= 0.3 is 6.18 Å². The first-order chi connectivity index (χ1) is 9.77. The number of hydrogen-bond donors (Lipinski definition) is 3. The Balaban J connectivity index is 2.26. The molecule has 0 bridgehead atoms. The van der Waals surface area contributed by atoms with Crippen molar-refractivity contribution in [2.24, 2.45) is 0 Å². The molecule has 4 N–H and O–H groups in total. The minimum atomic E-state index is -4.56. The van der Waals surface area contributed by atoms with Crippen molar-refractivity contribution >= 4 is 17.3 Å². The van der Waals surface area contributed by atoms with E-state index in [1.807, 2.05) is 0 Å². The highest BCUT2D eigenvalue weighted by Crippen LogP contribution is 2.34. The maximum Gasteiger partial charge on any atom is 0.416 e. The molecule has 4 nitrogen and oxygen atoms in total. The van der Waals surface area contributed by atoms with Crippen molar-refractivity contribution in [2.75, 3.05) is 11.1 Å². The monoisotopic (exact) mass is 296 g/mol. The van der Waals surface area contributed by atoms with Crippen LogP contribution < -0.4 is 11.1 Å². The maximum absolute atomic E-state index is 12.6. The van der Waals surface area contributed by atoms with Crippen LogP contribution in [0, 0.1) is 0 Å². The van der Waals surface area contributed by atoms with Crippen molar-refractivity contribution in [3.63, 3.8) is 0 Å². The number of nitrogen functional groups attached to an aromatic ring is 1. The Hall–Kier alpha value is -2.70. The summed E-state index contributed by atoms with van der Waals surface area (Å²) in [6.45, 7) is 0. The van der Waals surface area contributed by atoms with E-state index in [4.69, 9.17) is 5.73 Å². The Kier molecular flexibility index (Phi) is 3.75. The summed E-state index contributed by atoms with van der Waals surface area (Å²) in [6.07, 6.45) is -4.56. The first kappa shape index (κ1) is 14.7. The number of halogens is 3. The molecule has 1 amide bonds. The summed E-state index contributed by atoms with van der Waals surface area (Å²) in [5.41, 5.74) is 4.86. The molecule has 0 spiro atoms. The fraction of sp³-hybridized carbons (Fsp3) is 0.0714. The standard InChI is InChI=1S/C14H11F3N2O2/c15-14(16,17)9-3-6-12(20)11(7-9)19-13(21)8-1-4-10(18)5-2-8/h1-7,20H,18H2,(H,19,21). The predicted octanol–water partition coefficient (Wildman–Crippen LogP) is 3.25. The Labute approximate surface area is 118 Å². The fourth-order valence-electron chi connectivity index (χ4n) is 1.64. The van der Waals surface area contributed by atoms with Gasteiger partial charge in [0.1, 0.15) is 5.75 Å². The molecule has 0 unspecified atom stereocenters. The molecule has 0 fully saturated rings. The summed E-state index contributed by atoms with van der Waals surface area (Å²) in [5.74, 6) is -1.10. The molecule has 110 valence electrons. The second-order valence-electron chi connectivity index (χ2n) is 4.31. The number of nitrogens with two attached hydrogens (primary N) is 1. The normalized spacial score (nSPS) is 11.2. The van der Waals surface area contributed by atoms with Crippen LogP contribution >= 0.6 is 0 Å². The summed E-state index contributed by atoms with van der Waals surface area (Å²) in [6, 6.07) is 8.10. The summed E-state index contributed by atoms with van der Waals surface area (Å²) >= 11 is 0. The van der Waals surface area contributed by atoms with Gasteiger partial charge in [-0.1, -0.05) is 0 Å². The molecule has 0 aliphatic rings. The first-order valence-electron chi connectivity index (χ1n) is 5.84. The van der Waals surface area contributed by atoms with Crippen molar-refractivity contribution in [1.29, 1.82) is 0 Å². The lowest BCUT2D eigenvalue weighted by atomic mass is 10.1. The van der Waals surface area contributed by atoms with Gasteiger partial charge in [0.15, 0.2) is 0 Å². The van der Waals surface area contributed by atoms with Crippen molar-refractivity contribution in [3.05, 3.63) is 53.6 Å². The maximum atomic E-state index is 12.6. The minimum absolute atomic E-state index is 0.209. The molecule has 21 heavy (non-hydrogen) atoms. The smallest absolute Gasteiger partial charge is 0.416 e. The van der Waals surface area contributed by atoms with Crippen molar-refractivity contribution in [1.82, 2.24) is 0 Å². The van der Waals surface area contributed by atoms with Crippen LogP contribution in [0.1, 0.15) is 15.9 Å². The van der Waals surface area contributed by atoms with Gasteiger partial charge in [-0.05, 0) is 42.5 Å². The zero-order chi connectivity index (χ0) is 15.6. The molecule has 7 heteroatoms. The third-order valence-corrected chi connectivity index (χ3v) is 2.74. The molecule has 2 aromatic carbocycles. The molecule has 0 radical (unpaired) electrons. The van der Waals surface area contributed by atoms with E-state index in [1.165, 1.54) is 24.3 Å². The number of anilines is 2. The van der Waals surface area contributed by atoms with Crippen LogP contribution in [0.15, 0.2) is 42.5 Å². The quantitative estimate of drug-likeness (QED) is 0.588. The van der Waals surface area contributed by atoms with Crippen LogP contribution in [0.2, 0.25) is 0 Å². The highest BCUT2D eigenvalue weighted by atomic mass is 19.4. The highest BCUT2D eigenvalue weighted by Gasteiger charge is 2.31. The Morgan fingerprint density at radius 1 is 1.10 bits per heavy atom. The molecule has 0 heterocycles. The van der Waals surface area contributed by atoms with E-state index >= 15 is 0 Å². The first-order valence-corrected chi connectivity index (χ1v) is 5.84. The van der Waals surface area contributed by atoms with E-state index in [0.717, 1.165) is 12.1 Å². The lowest BCUT2D eigenvalue weighted by molar-refractivity contribution is -0.137. The average Bonchev–Trinajstić information content (AvgIpc) is 2.40. The van der Waals surface area contributed by atoms with Gasteiger partial charge in [0, 0.05) is 11.3 Å². The van der Waals surface area contributed by atoms with E-state index in [1.54, 1.807) is 0 Å². The van der Waals surface area contributed by atoms with Crippen LogP contribution in [0.5, 0.6) is 5.75 Å². The van der Waals surface area contributed by atoms with Gasteiger partial charge in [-0.25, -0.2) is 0 Å². The molecule has 0 aromatic heterocycles. The number of rotatable bonds is 2. The van der Waals surface area contributed by atoms with Crippen molar-refractivity contribution in [2.45, 2.75) is 6.18 Å². The van der Waals surface area contributed by atoms with Gasteiger partial charge in [0.05, 0.1) is 11.3 Å². The molecule has 0 aliphatic carbocycles. The van der Waals surface area contributed by atoms with Crippen LogP contribution in [-0.2, 0) is 6.18 Å².